The maximum absolute atomic E-state index is 12.1. The zero-order valence-electron chi connectivity index (χ0n) is 12.1. The largest absolute Gasteiger partial charge is 0.457 e. The number of hydrogen-bond donors (Lipinski definition) is 1. The number of benzene rings is 2. The van der Waals surface area contributed by atoms with Crippen molar-refractivity contribution in [1.29, 1.82) is 0 Å². The summed E-state index contributed by atoms with van der Waals surface area (Å²) < 4.78 is 22.0. The van der Waals surface area contributed by atoms with Gasteiger partial charge in [0, 0.05) is 5.56 Å². The van der Waals surface area contributed by atoms with E-state index in [1.807, 2.05) is 18.2 Å². The first-order valence-electron chi connectivity index (χ1n) is 6.83. The highest BCUT2D eigenvalue weighted by molar-refractivity contribution is 7.53. The molecule has 5 nitrogen and oxygen atoms in total. The van der Waals surface area contributed by atoms with Crippen molar-refractivity contribution in [3.05, 3.63) is 60.2 Å². The van der Waals surface area contributed by atoms with Crippen LogP contribution in [0.5, 0.6) is 11.5 Å². The molecule has 0 saturated carbocycles. The first-order valence-corrected chi connectivity index (χ1v) is 8.59. The molecular formula is C16H17O5P. The highest BCUT2D eigenvalue weighted by Gasteiger charge is 2.24. The summed E-state index contributed by atoms with van der Waals surface area (Å²) in [6, 6.07) is 15.6. The molecule has 116 valence electrons. The standard InChI is InChI=1S/C16H17O5P/c1-2-20-22(18,19)12-16(17)13-7-6-10-15(11-13)21-14-8-4-3-5-9-14/h3-11H,2,12H2,1H3,(H,18,19). The van der Waals surface area contributed by atoms with E-state index in [9.17, 15) is 14.3 Å². The Balaban J connectivity index is 2.11. The van der Waals surface area contributed by atoms with Gasteiger partial charge in [0.25, 0.3) is 0 Å². The second-order valence-corrected chi connectivity index (χ2v) is 6.43. The lowest BCUT2D eigenvalue weighted by Crippen LogP contribution is -2.08. The van der Waals surface area contributed by atoms with Gasteiger partial charge in [0.05, 0.1) is 6.61 Å². The van der Waals surface area contributed by atoms with Crippen molar-refractivity contribution in [2.75, 3.05) is 12.8 Å². The zero-order valence-corrected chi connectivity index (χ0v) is 13.0. The van der Waals surface area contributed by atoms with Gasteiger partial charge in [-0.3, -0.25) is 9.36 Å². The molecule has 0 aliphatic carbocycles. The van der Waals surface area contributed by atoms with E-state index in [-0.39, 0.29) is 6.61 Å². The molecule has 0 spiro atoms. The van der Waals surface area contributed by atoms with E-state index in [4.69, 9.17) is 9.26 Å². The van der Waals surface area contributed by atoms with E-state index in [1.165, 1.54) is 0 Å². The monoisotopic (exact) mass is 320 g/mol. The fraction of sp³-hybridized carbons (Fsp3) is 0.188. The Kier molecular flexibility index (Phi) is 5.50. The van der Waals surface area contributed by atoms with Gasteiger partial charge in [0.2, 0.25) is 0 Å². The molecule has 1 N–H and O–H groups in total. The maximum atomic E-state index is 12.1. The molecule has 0 amide bonds. The molecule has 2 aromatic rings. The second kappa shape index (κ2) is 7.36. The summed E-state index contributed by atoms with van der Waals surface area (Å²) in [7, 11) is -3.89. The summed E-state index contributed by atoms with van der Waals surface area (Å²) in [4.78, 5) is 21.6. The minimum absolute atomic E-state index is 0.0816. The van der Waals surface area contributed by atoms with Gasteiger partial charge >= 0.3 is 7.60 Å². The SMILES string of the molecule is CCOP(=O)(O)CC(=O)c1cccc(Oc2ccccc2)c1. The molecule has 0 bridgehead atoms. The lowest BCUT2D eigenvalue weighted by atomic mass is 10.1. The van der Waals surface area contributed by atoms with Crippen molar-refractivity contribution in [2.24, 2.45) is 0 Å². The Hall–Kier alpha value is -1.94. The Morgan fingerprint density at radius 2 is 1.77 bits per heavy atom. The third-order valence-electron chi connectivity index (χ3n) is 2.81. The van der Waals surface area contributed by atoms with Gasteiger partial charge in [-0.25, -0.2) is 0 Å². The van der Waals surface area contributed by atoms with E-state index in [2.05, 4.69) is 0 Å². The quantitative estimate of drug-likeness (QED) is 0.619. The van der Waals surface area contributed by atoms with Crippen LogP contribution in [0.3, 0.4) is 0 Å². The average Bonchev–Trinajstić information content (AvgIpc) is 2.48. The number of carbonyl (C=O) groups excluding carboxylic acids is 1. The lowest BCUT2D eigenvalue weighted by Gasteiger charge is -2.10. The predicted octanol–water partition coefficient (Wildman–Crippen LogP) is 3.88. The number of carbonyl (C=O) groups is 1. The van der Waals surface area contributed by atoms with Crippen LogP contribution in [-0.4, -0.2) is 23.4 Å². The second-order valence-electron chi connectivity index (χ2n) is 4.58. The maximum Gasteiger partial charge on any atom is 0.335 e. The summed E-state index contributed by atoms with van der Waals surface area (Å²) in [5, 5.41) is 0. The normalized spacial score (nSPS) is 13.4. The van der Waals surface area contributed by atoms with Crippen LogP contribution in [0, 0.1) is 0 Å². The minimum atomic E-state index is -3.89. The number of para-hydroxylation sites is 1. The van der Waals surface area contributed by atoms with Crippen molar-refractivity contribution in [3.8, 4) is 11.5 Å². The van der Waals surface area contributed by atoms with Crippen molar-refractivity contribution in [1.82, 2.24) is 0 Å². The fourth-order valence-corrected chi connectivity index (χ4v) is 2.92. The molecule has 0 heterocycles. The van der Waals surface area contributed by atoms with Crippen LogP contribution >= 0.6 is 7.60 Å². The Morgan fingerprint density at radius 3 is 2.45 bits per heavy atom. The van der Waals surface area contributed by atoms with Gasteiger partial charge in [-0.15, -0.1) is 0 Å². The highest BCUT2D eigenvalue weighted by Crippen LogP contribution is 2.42. The Labute approximate surface area is 129 Å². The van der Waals surface area contributed by atoms with Crippen molar-refractivity contribution in [3.63, 3.8) is 0 Å². The number of hydrogen-bond acceptors (Lipinski definition) is 4. The molecule has 1 atom stereocenters. The van der Waals surface area contributed by atoms with Gasteiger partial charge in [-0.2, -0.15) is 0 Å². The van der Waals surface area contributed by atoms with Crippen LogP contribution < -0.4 is 4.74 Å². The van der Waals surface area contributed by atoms with Gasteiger partial charge < -0.3 is 14.2 Å². The number of rotatable bonds is 7. The lowest BCUT2D eigenvalue weighted by molar-refractivity contribution is 0.101. The van der Waals surface area contributed by atoms with Crippen molar-refractivity contribution >= 4 is 13.4 Å². The highest BCUT2D eigenvalue weighted by atomic mass is 31.2. The van der Waals surface area contributed by atoms with E-state index < -0.39 is 19.5 Å². The zero-order chi connectivity index (χ0) is 16.0. The molecule has 0 aliphatic heterocycles. The molecule has 0 aromatic heterocycles. The van der Waals surface area contributed by atoms with Gasteiger partial charge in [-0.05, 0) is 31.2 Å². The van der Waals surface area contributed by atoms with Gasteiger partial charge in [0.15, 0.2) is 5.78 Å². The molecule has 0 saturated heterocycles. The van der Waals surface area contributed by atoms with E-state index in [0.29, 0.717) is 17.1 Å². The smallest absolute Gasteiger partial charge is 0.335 e. The average molecular weight is 320 g/mol. The summed E-state index contributed by atoms with van der Waals surface area (Å²) in [6.45, 7) is 1.68. The number of ketones is 1. The van der Waals surface area contributed by atoms with Crippen LogP contribution in [0.15, 0.2) is 54.6 Å². The van der Waals surface area contributed by atoms with E-state index in [1.54, 1.807) is 43.3 Å². The molecule has 22 heavy (non-hydrogen) atoms. The van der Waals surface area contributed by atoms with Crippen LogP contribution in [-0.2, 0) is 9.09 Å². The van der Waals surface area contributed by atoms with Crippen molar-refractivity contribution in [2.45, 2.75) is 6.92 Å². The van der Waals surface area contributed by atoms with Crippen LogP contribution in [0.25, 0.3) is 0 Å². The van der Waals surface area contributed by atoms with Crippen LogP contribution in [0.2, 0.25) is 0 Å². The summed E-state index contributed by atoms with van der Waals surface area (Å²) in [5.41, 5.74) is 0.308. The summed E-state index contributed by atoms with van der Waals surface area (Å²) in [6.07, 6.45) is -0.546. The number of Topliss-reactive ketones (excluding diaryl/α,β-unsaturated/α-hetero) is 1. The van der Waals surface area contributed by atoms with E-state index >= 15 is 0 Å². The minimum Gasteiger partial charge on any atom is -0.457 e. The summed E-state index contributed by atoms with van der Waals surface area (Å²) in [5.74, 6) is 0.674. The van der Waals surface area contributed by atoms with Gasteiger partial charge in [0.1, 0.15) is 17.7 Å². The molecule has 0 fully saturated rings. The van der Waals surface area contributed by atoms with E-state index in [0.717, 1.165) is 0 Å². The van der Waals surface area contributed by atoms with Crippen LogP contribution in [0.4, 0.5) is 0 Å². The Bertz CT molecular complexity index is 684. The molecule has 6 heteroatoms. The topological polar surface area (TPSA) is 72.8 Å². The van der Waals surface area contributed by atoms with Crippen LogP contribution in [0.1, 0.15) is 17.3 Å². The van der Waals surface area contributed by atoms with Crippen molar-refractivity contribution < 1.29 is 23.5 Å². The molecule has 0 aliphatic rings. The molecule has 1 unspecified atom stereocenters. The van der Waals surface area contributed by atoms with Gasteiger partial charge in [-0.1, -0.05) is 30.3 Å². The first-order chi connectivity index (χ1) is 10.5. The Morgan fingerprint density at radius 1 is 1.09 bits per heavy atom. The fourth-order valence-electron chi connectivity index (χ4n) is 1.88. The predicted molar refractivity (Wildman–Crippen MR) is 83.6 cm³/mol. The number of ether oxygens (including phenoxy) is 1. The third kappa shape index (κ3) is 4.81. The third-order valence-corrected chi connectivity index (χ3v) is 4.16. The molecule has 0 radical (unpaired) electrons. The molecular weight excluding hydrogens is 303 g/mol. The summed E-state index contributed by atoms with van der Waals surface area (Å²) >= 11 is 0. The molecule has 2 aromatic carbocycles. The first kappa shape index (κ1) is 16.4. The molecule has 2 rings (SSSR count).